The van der Waals surface area contributed by atoms with Crippen molar-refractivity contribution in [1.29, 1.82) is 0 Å². The molecule has 0 saturated carbocycles. The molecule has 5 heteroatoms. The Hall–Kier alpha value is -0.390. The summed E-state index contributed by atoms with van der Waals surface area (Å²) in [6.45, 7) is 4.48. The maximum Gasteiger partial charge on any atom is 0.243 e. The highest BCUT2D eigenvalue weighted by Gasteiger charge is 2.33. The summed E-state index contributed by atoms with van der Waals surface area (Å²) in [5.41, 5.74) is 1.92. The number of alkyl halides is 1. The highest BCUT2D eigenvalue weighted by molar-refractivity contribution is 9.09. The molecule has 1 heterocycles. The largest absolute Gasteiger partial charge is 0.243 e. The fourth-order valence-corrected chi connectivity index (χ4v) is 5.43. The van der Waals surface area contributed by atoms with E-state index in [9.17, 15) is 8.42 Å². The number of sulfonamides is 1. The van der Waals surface area contributed by atoms with Crippen LogP contribution < -0.4 is 0 Å². The number of aryl methyl sites for hydroxylation is 2. The molecule has 2 rings (SSSR count). The summed E-state index contributed by atoms with van der Waals surface area (Å²) in [7, 11) is -3.37. The van der Waals surface area contributed by atoms with Crippen molar-refractivity contribution in [3.05, 3.63) is 29.3 Å². The predicted molar refractivity (Wildman–Crippen MR) is 81.2 cm³/mol. The van der Waals surface area contributed by atoms with Crippen molar-refractivity contribution in [2.45, 2.75) is 44.0 Å². The van der Waals surface area contributed by atoms with Crippen LogP contribution in [0.3, 0.4) is 0 Å². The van der Waals surface area contributed by atoms with E-state index in [-0.39, 0.29) is 6.04 Å². The normalized spacial score (nSPS) is 21.5. The van der Waals surface area contributed by atoms with Gasteiger partial charge in [-0.1, -0.05) is 40.0 Å². The lowest BCUT2D eigenvalue weighted by molar-refractivity contribution is 0.273. The van der Waals surface area contributed by atoms with Crippen LogP contribution in [-0.4, -0.2) is 30.6 Å². The molecule has 0 amide bonds. The van der Waals surface area contributed by atoms with Gasteiger partial charge < -0.3 is 0 Å². The van der Waals surface area contributed by atoms with Crippen molar-refractivity contribution < 1.29 is 8.42 Å². The number of nitrogens with zero attached hydrogens (tertiary/aromatic N) is 1. The molecule has 1 aromatic carbocycles. The van der Waals surface area contributed by atoms with Crippen LogP contribution in [0.2, 0.25) is 0 Å². The second-order valence-corrected chi connectivity index (χ2v) is 7.70. The third-order valence-electron chi connectivity index (χ3n) is 3.67. The predicted octanol–water partition coefficient (Wildman–Crippen LogP) is 3.24. The first-order chi connectivity index (χ1) is 8.96. The molecular weight excluding hydrogens is 326 g/mol. The third kappa shape index (κ3) is 3.03. The maximum atomic E-state index is 12.8. The van der Waals surface area contributed by atoms with Crippen LogP contribution in [0.1, 0.15) is 30.4 Å². The third-order valence-corrected chi connectivity index (χ3v) is 6.53. The van der Waals surface area contributed by atoms with Gasteiger partial charge >= 0.3 is 0 Å². The Bertz CT molecular complexity index is 557. The lowest BCUT2D eigenvalue weighted by Crippen LogP contribution is -2.44. The molecule has 0 N–H and O–H groups in total. The SMILES string of the molecule is Cc1ccc(S(=O)(=O)N2CCCCC2CBr)c(C)c1. The molecule has 1 aliphatic heterocycles. The average molecular weight is 346 g/mol. The zero-order valence-electron chi connectivity index (χ0n) is 11.4. The van der Waals surface area contributed by atoms with Crippen LogP contribution >= 0.6 is 15.9 Å². The average Bonchev–Trinajstić information content (AvgIpc) is 2.38. The minimum atomic E-state index is -3.37. The van der Waals surface area contributed by atoms with Crippen LogP contribution in [-0.2, 0) is 10.0 Å². The Morgan fingerprint density at radius 2 is 2.05 bits per heavy atom. The summed E-state index contributed by atoms with van der Waals surface area (Å²) in [4.78, 5) is 0.450. The van der Waals surface area contributed by atoms with Gasteiger partial charge in [-0.05, 0) is 38.3 Å². The number of halogens is 1. The van der Waals surface area contributed by atoms with Crippen molar-refractivity contribution in [3.8, 4) is 0 Å². The number of hydrogen-bond acceptors (Lipinski definition) is 2. The number of rotatable bonds is 3. The zero-order chi connectivity index (χ0) is 14.0. The van der Waals surface area contributed by atoms with E-state index in [1.54, 1.807) is 10.4 Å². The molecule has 0 aliphatic carbocycles. The Balaban J connectivity index is 2.40. The standard InChI is InChI=1S/C14H20BrNO2S/c1-11-6-7-14(12(2)9-11)19(17,18)16-8-4-3-5-13(16)10-15/h6-7,9,13H,3-5,8,10H2,1-2H3. The lowest BCUT2D eigenvalue weighted by Gasteiger charge is -2.34. The van der Waals surface area contributed by atoms with Gasteiger partial charge in [0.2, 0.25) is 10.0 Å². The first kappa shape index (κ1) is 15.0. The highest BCUT2D eigenvalue weighted by Crippen LogP contribution is 2.28. The number of benzene rings is 1. The first-order valence-corrected chi connectivity index (χ1v) is 9.18. The van der Waals surface area contributed by atoms with Crippen LogP contribution in [0, 0.1) is 13.8 Å². The van der Waals surface area contributed by atoms with Gasteiger partial charge in [0.1, 0.15) is 0 Å². The van der Waals surface area contributed by atoms with Gasteiger partial charge in [-0.15, -0.1) is 0 Å². The van der Waals surface area contributed by atoms with E-state index in [1.165, 1.54) is 0 Å². The van der Waals surface area contributed by atoms with E-state index in [4.69, 9.17) is 0 Å². The molecule has 19 heavy (non-hydrogen) atoms. The minimum Gasteiger partial charge on any atom is -0.207 e. The fourth-order valence-electron chi connectivity index (χ4n) is 2.66. The van der Waals surface area contributed by atoms with Gasteiger partial charge in [0.15, 0.2) is 0 Å². The van der Waals surface area contributed by atoms with Crippen molar-refractivity contribution in [2.75, 3.05) is 11.9 Å². The zero-order valence-corrected chi connectivity index (χ0v) is 13.8. The van der Waals surface area contributed by atoms with Crippen molar-refractivity contribution in [2.24, 2.45) is 0 Å². The summed E-state index contributed by atoms with van der Waals surface area (Å²) in [5, 5.41) is 0.705. The van der Waals surface area contributed by atoms with E-state index < -0.39 is 10.0 Å². The molecule has 0 aromatic heterocycles. The Kier molecular flexibility index (Phi) is 4.69. The second-order valence-electron chi connectivity index (χ2n) is 5.19. The molecule has 1 saturated heterocycles. The first-order valence-electron chi connectivity index (χ1n) is 6.62. The van der Waals surface area contributed by atoms with E-state index in [2.05, 4.69) is 15.9 Å². The number of piperidine rings is 1. The maximum absolute atomic E-state index is 12.8. The summed E-state index contributed by atoms with van der Waals surface area (Å²) < 4.78 is 27.3. The Labute approximate surface area is 124 Å². The van der Waals surface area contributed by atoms with Crippen LogP contribution in [0.25, 0.3) is 0 Å². The molecule has 106 valence electrons. The van der Waals surface area contributed by atoms with Gasteiger partial charge in [0.05, 0.1) is 4.90 Å². The molecule has 3 nitrogen and oxygen atoms in total. The summed E-state index contributed by atoms with van der Waals surface area (Å²) in [5.74, 6) is 0. The van der Waals surface area contributed by atoms with Crippen LogP contribution in [0.15, 0.2) is 23.1 Å². The van der Waals surface area contributed by atoms with E-state index >= 15 is 0 Å². The Morgan fingerprint density at radius 3 is 2.68 bits per heavy atom. The quantitative estimate of drug-likeness (QED) is 0.788. The molecule has 0 spiro atoms. The van der Waals surface area contributed by atoms with Crippen molar-refractivity contribution in [1.82, 2.24) is 4.31 Å². The smallest absolute Gasteiger partial charge is 0.207 e. The lowest BCUT2D eigenvalue weighted by atomic mass is 10.1. The monoisotopic (exact) mass is 345 g/mol. The molecule has 1 unspecified atom stereocenters. The van der Waals surface area contributed by atoms with Crippen molar-refractivity contribution >= 4 is 26.0 Å². The minimum absolute atomic E-state index is 0.0828. The molecule has 0 bridgehead atoms. The summed E-state index contributed by atoms with van der Waals surface area (Å²) >= 11 is 3.44. The van der Waals surface area contributed by atoms with Crippen LogP contribution in [0.5, 0.6) is 0 Å². The summed E-state index contributed by atoms with van der Waals surface area (Å²) in [6, 6.07) is 5.62. The van der Waals surface area contributed by atoms with E-state index in [1.807, 2.05) is 26.0 Å². The fraction of sp³-hybridized carbons (Fsp3) is 0.571. The van der Waals surface area contributed by atoms with Gasteiger partial charge in [-0.25, -0.2) is 8.42 Å². The van der Waals surface area contributed by atoms with Gasteiger partial charge in [0, 0.05) is 17.9 Å². The molecule has 1 atom stereocenters. The topological polar surface area (TPSA) is 37.4 Å². The van der Waals surface area contributed by atoms with Gasteiger partial charge in [0.25, 0.3) is 0 Å². The van der Waals surface area contributed by atoms with Crippen LogP contribution in [0.4, 0.5) is 0 Å². The molecule has 1 aliphatic rings. The second kappa shape index (κ2) is 5.94. The molecule has 1 aromatic rings. The molecule has 0 radical (unpaired) electrons. The molecule has 1 fully saturated rings. The van der Waals surface area contributed by atoms with Crippen molar-refractivity contribution in [3.63, 3.8) is 0 Å². The highest BCUT2D eigenvalue weighted by atomic mass is 79.9. The number of hydrogen-bond donors (Lipinski definition) is 0. The summed E-state index contributed by atoms with van der Waals surface area (Å²) in [6.07, 6.45) is 3.00. The molecular formula is C14H20BrNO2S. The van der Waals surface area contributed by atoms with E-state index in [0.717, 1.165) is 30.4 Å². The van der Waals surface area contributed by atoms with Gasteiger partial charge in [-0.2, -0.15) is 4.31 Å². The van der Waals surface area contributed by atoms with E-state index in [0.29, 0.717) is 16.8 Å². The Morgan fingerprint density at radius 1 is 1.32 bits per heavy atom. The van der Waals surface area contributed by atoms with Gasteiger partial charge in [-0.3, -0.25) is 0 Å².